The maximum Gasteiger partial charge on any atom is 0.234 e. The Balaban J connectivity index is 2.32. The van der Waals surface area contributed by atoms with Crippen LogP contribution in [0.15, 0.2) is 24.3 Å². The second-order valence-electron chi connectivity index (χ2n) is 3.10. The minimum Gasteiger partial charge on any atom is -0.508 e. The smallest absolute Gasteiger partial charge is 0.234 e. The van der Waals surface area contributed by atoms with E-state index in [0.717, 1.165) is 5.56 Å². The van der Waals surface area contributed by atoms with E-state index < -0.39 is 0 Å². The molecule has 0 fully saturated rings. The Labute approximate surface area is 88.2 Å². The van der Waals surface area contributed by atoms with Gasteiger partial charge in [0.15, 0.2) is 0 Å². The van der Waals surface area contributed by atoms with Gasteiger partial charge in [-0.1, -0.05) is 12.1 Å². The molecule has 15 heavy (non-hydrogen) atoms. The fraction of sp³-hybridized carbons (Fsp3) is 0.273. The average Bonchev–Trinajstić information content (AvgIpc) is 2.18. The molecule has 0 heterocycles. The summed E-state index contributed by atoms with van der Waals surface area (Å²) < 4.78 is 0. The van der Waals surface area contributed by atoms with Crippen molar-refractivity contribution in [1.82, 2.24) is 5.32 Å². The molecule has 0 aliphatic carbocycles. The van der Waals surface area contributed by atoms with Gasteiger partial charge in [-0.25, -0.2) is 0 Å². The number of nitrogens with zero attached hydrogens (tertiary/aromatic N) is 1. The number of rotatable bonds is 4. The van der Waals surface area contributed by atoms with Gasteiger partial charge in [0.25, 0.3) is 0 Å². The highest BCUT2D eigenvalue weighted by Crippen LogP contribution is 2.10. The molecule has 4 heteroatoms. The number of hydrogen-bond donors (Lipinski definition) is 2. The van der Waals surface area contributed by atoms with E-state index in [1.54, 1.807) is 24.3 Å². The monoisotopic (exact) mass is 204 g/mol. The molecule has 4 nitrogen and oxygen atoms in total. The van der Waals surface area contributed by atoms with Crippen molar-refractivity contribution in [3.05, 3.63) is 29.8 Å². The number of amides is 1. The van der Waals surface area contributed by atoms with Crippen LogP contribution in [0.1, 0.15) is 12.0 Å². The van der Waals surface area contributed by atoms with Crippen LogP contribution in [-0.2, 0) is 11.2 Å². The lowest BCUT2D eigenvalue weighted by atomic mass is 10.1. The molecular weight excluding hydrogens is 192 g/mol. The van der Waals surface area contributed by atoms with Crippen molar-refractivity contribution in [3.63, 3.8) is 0 Å². The molecule has 0 saturated carbocycles. The van der Waals surface area contributed by atoms with E-state index in [1.807, 2.05) is 6.07 Å². The first kappa shape index (κ1) is 11.1. The molecule has 1 amide bonds. The number of phenols is 1. The second-order valence-corrected chi connectivity index (χ2v) is 3.10. The van der Waals surface area contributed by atoms with Crippen molar-refractivity contribution in [3.8, 4) is 11.8 Å². The highest BCUT2D eigenvalue weighted by atomic mass is 16.3. The summed E-state index contributed by atoms with van der Waals surface area (Å²) in [6, 6.07) is 8.64. The molecule has 0 saturated heterocycles. The molecule has 0 unspecified atom stereocenters. The summed E-state index contributed by atoms with van der Waals surface area (Å²) in [4.78, 5) is 10.9. The van der Waals surface area contributed by atoms with Gasteiger partial charge in [0.2, 0.25) is 5.91 Å². The number of carbonyl (C=O) groups is 1. The Morgan fingerprint density at radius 1 is 1.53 bits per heavy atom. The predicted octanol–water partition coefficient (Wildman–Crippen LogP) is 0.965. The third kappa shape index (κ3) is 4.14. The highest BCUT2D eigenvalue weighted by molar-refractivity contribution is 5.77. The van der Waals surface area contributed by atoms with Crippen molar-refractivity contribution in [2.45, 2.75) is 12.8 Å². The highest BCUT2D eigenvalue weighted by Gasteiger charge is 1.99. The number of nitrogens with one attached hydrogen (secondary N) is 1. The summed E-state index contributed by atoms with van der Waals surface area (Å²) in [5.41, 5.74) is 0.951. The van der Waals surface area contributed by atoms with Crippen LogP contribution in [0, 0.1) is 11.3 Å². The van der Waals surface area contributed by atoms with Gasteiger partial charge in [0.1, 0.15) is 12.2 Å². The molecule has 1 aromatic rings. The van der Waals surface area contributed by atoms with Crippen LogP contribution < -0.4 is 5.32 Å². The molecule has 2 N–H and O–H groups in total. The van der Waals surface area contributed by atoms with Gasteiger partial charge in [0, 0.05) is 6.54 Å². The van der Waals surface area contributed by atoms with Crippen LogP contribution >= 0.6 is 0 Å². The SMILES string of the molecule is N#CCC(=O)NCCc1cccc(O)c1. The maximum absolute atomic E-state index is 10.9. The molecule has 0 atom stereocenters. The summed E-state index contributed by atoms with van der Waals surface area (Å²) >= 11 is 0. The number of phenolic OH excluding ortho intramolecular Hbond substituents is 1. The quantitative estimate of drug-likeness (QED) is 0.767. The minimum absolute atomic E-state index is 0.111. The maximum atomic E-state index is 10.9. The number of aromatic hydroxyl groups is 1. The summed E-state index contributed by atoms with van der Waals surface area (Å²) in [5, 5.41) is 20.0. The van der Waals surface area contributed by atoms with Gasteiger partial charge >= 0.3 is 0 Å². The van der Waals surface area contributed by atoms with Crippen LogP contribution in [0.2, 0.25) is 0 Å². The molecule has 0 spiro atoms. The number of hydrogen-bond acceptors (Lipinski definition) is 3. The third-order valence-corrected chi connectivity index (χ3v) is 1.89. The largest absolute Gasteiger partial charge is 0.508 e. The van der Waals surface area contributed by atoms with Crippen LogP contribution in [0.5, 0.6) is 5.75 Å². The van der Waals surface area contributed by atoms with Crippen LogP contribution in [0.4, 0.5) is 0 Å². The second kappa shape index (κ2) is 5.66. The molecule has 0 aromatic heterocycles. The lowest BCUT2D eigenvalue weighted by Gasteiger charge is -2.03. The third-order valence-electron chi connectivity index (χ3n) is 1.89. The van der Waals surface area contributed by atoms with Gasteiger partial charge in [-0.05, 0) is 24.1 Å². The predicted molar refractivity (Wildman–Crippen MR) is 55.1 cm³/mol. The molecule has 0 bridgehead atoms. The van der Waals surface area contributed by atoms with E-state index in [2.05, 4.69) is 5.32 Å². The summed E-state index contributed by atoms with van der Waals surface area (Å²) in [6.07, 6.45) is 0.533. The zero-order valence-corrected chi connectivity index (χ0v) is 8.23. The van der Waals surface area contributed by atoms with Crippen molar-refractivity contribution in [2.24, 2.45) is 0 Å². The van der Waals surface area contributed by atoms with Crippen LogP contribution in [0.25, 0.3) is 0 Å². The van der Waals surface area contributed by atoms with E-state index in [4.69, 9.17) is 5.26 Å². The molecule has 0 aliphatic rings. The fourth-order valence-electron chi connectivity index (χ4n) is 1.19. The minimum atomic E-state index is -0.266. The van der Waals surface area contributed by atoms with Crippen molar-refractivity contribution < 1.29 is 9.90 Å². The molecule has 0 radical (unpaired) electrons. The van der Waals surface area contributed by atoms with E-state index in [1.165, 1.54) is 0 Å². The van der Waals surface area contributed by atoms with Crippen LogP contribution in [-0.4, -0.2) is 17.6 Å². The summed E-state index contributed by atoms with van der Waals surface area (Å²) in [5.74, 6) is -0.0477. The van der Waals surface area contributed by atoms with Gasteiger partial charge in [0.05, 0.1) is 6.07 Å². The normalized spacial score (nSPS) is 9.27. The topological polar surface area (TPSA) is 73.1 Å². The van der Waals surface area contributed by atoms with Crippen LogP contribution in [0.3, 0.4) is 0 Å². The van der Waals surface area contributed by atoms with Crippen molar-refractivity contribution in [1.29, 1.82) is 5.26 Å². The Morgan fingerprint density at radius 3 is 3.00 bits per heavy atom. The molecule has 78 valence electrons. The Bertz CT molecular complexity index is 382. The fourth-order valence-corrected chi connectivity index (χ4v) is 1.19. The lowest BCUT2D eigenvalue weighted by molar-refractivity contribution is -0.120. The van der Waals surface area contributed by atoms with E-state index in [0.29, 0.717) is 13.0 Å². The van der Waals surface area contributed by atoms with Gasteiger partial charge < -0.3 is 10.4 Å². The summed E-state index contributed by atoms with van der Waals surface area (Å²) in [7, 11) is 0. The molecule has 1 rings (SSSR count). The first-order chi connectivity index (χ1) is 7.22. The average molecular weight is 204 g/mol. The summed E-state index contributed by atoms with van der Waals surface area (Å²) in [6.45, 7) is 0.476. The Hall–Kier alpha value is -2.02. The molecule has 0 aliphatic heterocycles. The first-order valence-corrected chi connectivity index (χ1v) is 4.64. The molecule has 1 aromatic carbocycles. The number of carbonyl (C=O) groups excluding carboxylic acids is 1. The van der Waals surface area contributed by atoms with Gasteiger partial charge in [-0.2, -0.15) is 5.26 Å². The van der Waals surface area contributed by atoms with Gasteiger partial charge in [-0.15, -0.1) is 0 Å². The van der Waals surface area contributed by atoms with E-state index in [-0.39, 0.29) is 18.1 Å². The van der Waals surface area contributed by atoms with E-state index in [9.17, 15) is 9.90 Å². The zero-order valence-electron chi connectivity index (χ0n) is 8.23. The van der Waals surface area contributed by atoms with E-state index >= 15 is 0 Å². The Kier molecular flexibility index (Phi) is 4.17. The molecular formula is C11H12N2O2. The van der Waals surface area contributed by atoms with Gasteiger partial charge in [-0.3, -0.25) is 4.79 Å². The van der Waals surface area contributed by atoms with Crippen molar-refractivity contribution in [2.75, 3.05) is 6.54 Å². The van der Waals surface area contributed by atoms with Crippen molar-refractivity contribution >= 4 is 5.91 Å². The number of benzene rings is 1. The Morgan fingerprint density at radius 2 is 2.33 bits per heavy atom. The lowest BCUT2D eigenvalue weighted by Crippen LogP contribution is -2.24. The zero-order chi connectivity index (χ0) is 11.1. The first-order valence-electron chi connectivity index (χ1n) is 4.64. The standard InChI is InChI=1S/C11H12N2O2/c12-6-4-11(15)13-7-5-9-2-1-3-10(14)8-9/h1-3,8,14H,4-5,7H2,(H,13,15). The number of nitriles is 1.